The highest BCUT2D eigenvalue weighted by Crippen LogP contribution is 2.15. The number of fused-ring (bicyclic) bond motifs is 1. The Bertz CT molecular complexity index is 1040. The molecular weight excluding hydrogens is 354 g/mol. The van der Waals surface area contributed by atoms with Crippen molar-refractivity contribution in [1.82, 2.24) is 24.9 Å². The van der Waals surface area contributed by atoms with Crippen LogP contribution in [0.1, 0.15) is 28.3 Å². The topological polar surface area (TPSA) is 81.8 Å². The number of rotatable bonds is 5. The van der Waals surface area contributed by atoms with E-state index < -0.39 is 11.3 Å². The maximum atomic E-state index is 12.6. The molecule has 0 radical (unpaired) electrons. The Hall–Kier alpha value is -2.67. The Morgan fingerprint density at radius 3 is 2.69 bits per heavy atom. The van der Waals surface area contributed by atoms with Crippen LogP contribution in [0.2, 0.25) is 5.02 Å². The van der Waals surface area contributed by atoms with Crippen LogP contribution in [0.3, 0.4) is 0 Å². The fourth-order valence-corrected chi connectivity index (χ4v) is 3.09. The lowest BCUT2D eigenvalue weighted by molar-refractivity contribution is 0.0944. The Balaban J connectivity index is 1.71. The van der Waals surface area contributed by atoms with Crippen molar-refractivity contribution >= 4 is 28.4 Å². The summed E-state index contributed by atoms with van der Waals surface area (Å²) in [5.41, 5.74) is 2.12. The first kappa shape index (κ1) is 18.1. The van der Waals surface area contributed by atoms with Gasteiger partial charge in [-0.2, -0.15) is 10.2 Å². The third kappa shape index (κ3) is 3.62. The molecule has 0 spiro atoms. The molecule has 0 aliphatic carbocycles. The number of carbonyl (C=O) groups is 1. The van der Waals surface area contributed by atoms with Gasteiger partial charge in [0, 0.05) is 30.9 Å². The summed E-state index contributed by atoms with van der Waals surface area (Å²) < 4.78 is 3.41. The largest absolute Gasteiger partial charge is 0.350 e. The van der Waals surface area contributed by atoms with Crippen LogP contribution >= 0.6 is 11.6 Å². The molecule has 0 atom stereocenters. The van der Waals surface area contributed by atoms with Gasteiger partial charge >= 0.3 is 0 Å². The molecule has 0 aliphatic heterocycles. The molecule has 136 valence electrons. The highest BCUT2D eigenvalue weighted by atomic mass is 35.5. The number of aromatic nitrogens is 4. The summed E-state index contributed by atoms with van der Waals surface area (Å²) in [6.45, 7) is 5.05. The van der Waals surface area contributed by atoms with Gasteiger partial charge in [-0.05, 0) is 44.5 Å². The van der Waals surface area contributed by atoms with Crippen LogP contribution in [0.15, 0.2) is 29.1 Å². The fraction of sp³-hybridized carbons (Fsp3) is 0.333. The molecule has 2 heterocycles. The van der Waals surface area contributed by atoms with Crippen molar-refractivity contribution in [2.75, 3.05) is 6.54 Å². The molecule has 0 aliphatic rings. The van der Waals surface area contributed by atoms with Gasteiger partial charge in [0.1, 0.15) is 0 Å². The molecule has 26 heavy (non-hydrogen) atoms. The predicted octanol–water partition coefficient (Wildman–Crippen LogP) is 2.22. The van der Waals surface area contributed by atoms with E-state index in [1.807, 2.05) is 24.6 Å². The standard InChI is InChI=1S/C18H20ClN5O2/c1-11-9-12(2)24(21-11)8-4-7-20-18(26)16-17(25)14-10-13(19)5-6-15(14)23(3)22-16/h5-6,9-10H,4,7-8H2,1-3H3,(H,20,26). The molecule has 0 unspecified atom stereocenters. The summed E-state index contributed by atoms with van der Waals surface area (Å²) in [4.78, 5) is 25.0. The van der Waals surface area contributed by atoms with E-state index >= 15 is 0 Å². The van der Waals surface area contributed by atoms with Gasteiger partial charge in [-0.3, -0.25) is 19.0 Å². The lowest BCUT2D eigenvalue weighted by atomic mass is 10.2. The van der Waals surface area contributed by atoms with Crippen LogP contribution in [0.4, 0.5) is 0 Å². The van der Waals surface area contributed by atoms with Crippen LogP contribution in [0.25, 0.3) is 10.9 Å². The van der Waals surface area contributed by atoms with E-state index in [1.165, 1.54) is 4.68 Å². The molecule has 1 aromatic carbocycles. The minimum atomic E-state index is -0.485. The van der Waals surface area contributed by atoms with Gasteiger partial charge in [0.2, 0.25) is 5.43 Å². The molecule has 3 aromatic rings. The number of aryl methyl sites for hydroxylation is 4. The summed E-state index contributed by atoms with van der Waals surface area (Å²) in [5.74, 6) is -0.485. The minimum absolute atomic E-state index is 0.131. The number of amides is 1. The third-order valence-electron chi connectivity index (χ3n) is 4.17. The Labute approximate surface area is 155 Å². The van der Waals surface area contributed by atoms with E-state index in [4.69, 9.17) is 11.6 Å². The fourth-order valence-electron chi connectivity index (χ4n) is 2.91. The van der Waals surface area contributed by atoms with Crippen molar-refractivity contribution in [2.24, 2.45) is 7.05 Å². The summed E-state index contributed by atoms with van der Waals surface area (Å²) >= 11 is 5.97. The lowest BCUT2D eigenvalue weighted by Crippen LogP contribution is -2.32. The van der Waals surface area contributed by atoms with Crippen LogP contribution in [-0.4, -0.2) is 32.0 Å². The molecule has 3 rings (SSSR count). The Morgan fingerprint density at radius 2 is 2.00 bits per heavy atom. The number of benzene rings is 1. The highest BCUT2D eigenvalue weighted by Gasteiger charge is 2.16. The number of nitrogens with one attached hydrogen (secondary N) is 1. The Kier molecular flexibility index (Phi) is 5.08. The second-order valence-electron chi connectivity index (χ2n) is 6.22. The summed E-state index contributed by atoms with van der Waals surface area (Å²) in [7, 11) is 1.69. The van der Waals surface area contributed by atoms with Gasteiger partial charge in [-0.15, -0.1) is 0 Å². The van der Waals surface area contributed by atoms with Gasteiger partial charge < -0.3 is 5.32 Å². The maximum absolute atomic E-state index is 12.6. The summed E-state index contributed by atoms with van der Waals surface area (Å²) in [6.07, 6.45) is 0.702. The zero-order valence-corrected chi connectivity index (χ0v) is 15.7. The van der Waals surface area contributed by atoms with Crippen molar-refractivity contribution in [2.45, 2.75) is 26.8 Å². The van der Waals surface area contributed by atoms with Gasteiger partial charge in [-0.25, -0.2) is 0 Å². The summed E-state index contributed by atoms with van der Waals surface area (Å²) in [6, 6.07) is 6.96. The number of nitrogens with zero attached hydrogens (tertiary/aromatic N) is 4. The van der Waals surface area contributed by atoms with E-state index in [0.717, 1.165) is 11.4 Å². The van der Waals surface area contributed by atoms with Crippen LogP contribution in [0.5, 0.6) is 0 Å². The Morgan fingerprint density at radius 1 is 1.23 bits per heavy atom. The van der Waals surface area contributed by atoms with E-state index in [9.17, 15) is 9.59 Å². The lowest BCUT2D eigenvalue weighted by Gasteiger charge is -2.09. The monoisotopic (exact) mass is 373 g/mol. The molecule has 1 amide bonds. The molecular formula is C18H20ClN5O2. The SMILES string of the molecule is Cc1cc(C)n(CCCNC(=O)c2nn(C)c3ccc(Cl)cc3c2=O)n1. The maximum Gasteiger partial charge on any atom is 0.275 e. The second-order valence-corrected chi connectivity index (χ2v) is 6.66. The summed E-state index contributed by atoms with van der Waals surface area (Å²) in [5, 5.41) is 12.1. The zero-order chi connectivity index (χ0) is 18.8. The first-order valence-electron chi connectivity index (χ1n) is 8.32. The number of hydrogen-bond donors (Lipinski definition) is 1. The first-order chi connectivity index (χ1) is 12.4. The van der Waals surface area contributed by atoms with Crippen molar-refractivity contribution in [3.63, 3.8) is 0 Å². The zero-order valence-electron chi connectivity index (χ0n) is 14.9. The van der Waals surface area contributed by atoms with Gasteiger partial charge in [-0.1, -0.05) is 11.6 Å². The van der Waals surface area contributed by atoms with Gasteiger partial charge in [0.25, 0.3) is 5.91 Å². The van der Waals surface area contributed by atoms with E-state index in [2.05, 4.69) is 15.5 Å². The smallest absolute Gasteiger partial charge is 0.275 e. The number of halogens is 1. The first-order valence-corrected chi connectivity index (χ1v) is 8.70. The van der Waals surface area contributed by atoms with Gasteiger partial charge in [0.15, 0.2) is 5.69 Å². The molecule has 0 saturated carbocycles. The van der Waals surface area contributed by atoms with Crippen LogP contribution < -0.4 is 10.7 Å². The van der Waals surface area contributed by atoms with Crippen molar-refractivity contribution in [3.8, 4) is 0 Å². The number of carbonyl (C=O) groups excluding carboxylic acids is 1. The third-order valence-corrected chi connectivity index (χ3v) is 4.40. The molecule has 1 N–H and O–H groups in total. The van der Waals surface area contributed by atoms with Crippen LogP contribution in [0, 0.1) is 13.8 Å². The van der Waals surface area contributed by atoms with E-state index in [-0.39, 0.29) is 5.69 Å². The average molecular weight is 374 g/mol. The van der Waals surface area contributed by atoms with E-state index in [1.54, 1.807) is 25.2 Å². The van der Waals surface area contributed by atoms with E-state index in [0.29, 0.717) is 35.4 Å². The normalized spacial score (nSPS) is 11.1. The van der Waals surface area contributed by atoms with Gasteiger partial charge in [0.05, 0.1) is 16.6 Å². The molecule has 2 aromatic heterocycles. The van der Waals surface area contributed by atoms with Crippen LogP contribution in [-0.2, 0) is 13.6 Å². The second kappa shape index (κ2) is 7.29. The van der Waals surface area contributed by atoms with Crippen molar-refractivity contribution < 1.29 is 4.79 Å². The van der Waals surface area contributed by atoms with Crippen molar-refractivity contribution in [3.05, 3.63) is 56.6 Å². The highest BCUT2D eigenvalue weighted by molar-refractivity contribution is 6.31. The minimum Gasteiger partial charge on any atom is -0.350 e. The quantitative estimate of drug-likeness (QED) is 0.695. The molecule has 8 heteroatoms. The molecule has 0 bridgehead atoms. The molecule has 0 fully saturated rings. The van der Waals surface area contributed by atoms with Crippen molar-refractivity contribution in [1.29, 1.82) is 0 Å². The predicted molar refractivity (Wildman–Crippen MR) is 101 cm³/mol. The molecule has 0 saturated heterocycles. The average Bonchev–Trinajstić information content (AvgIpc) is 2.92. The number of hydrogen-bond acceptors (Lipinski definition) is 4. The molecule has 7 nitrogen and oxygen atoms in total.